The van der Waals surface area contributed by atoms with Crippen LogP contribution in [0.25, 0.3) is 11.0 Å². The molecule has 0 aliphatic heterocycles. The van der Waals surface area contributed by atoms with Gasteiger partial charge in [-0.3, -0.25) is 20.4 Å². The largest absolute Gasteiger partial charge is 0.450 e. The highest BCUT2D eigenvalue weighted by Crippen LogP contribution is 2.19. The van der Waals surface area contributed by atoms with Gasteiger partial charge in [-0.05, 0) is 12.1 Å². The van der Waals surface area contributed by atoms with Crippen LogP contribution in [0.3, 0.4) is 0 Å². The van der Waals surface area contributed by atoms with E-state index in [0.29, 0.717) is 5.58 Å². The van der Waals surface area contributed by atoms with Crippen molar-refractivity contribution in [2.45, 2.75) is 6.92 Å². The molecule has 20 heavy (non-hydrogen) atoms. The molecule has 2 amide bonds. The molecule has 0 aliphatic carbocycles. The highest BCUT2D eigenvalue weighted by atomic mass is 16.5. The van der Waals surface area contributed by atoms with Crippen molar-refractivity contribution < 1.29 is 23.5 Å². The Morgan fingerprint density at radius 1 is 1.20 bits per heavy atom. The van der Waals surface area contributed by atoms with Crippen LogP contribution in [0.4, 0.5) is 0 Å². The minimum absolute atomic E-state index is 0.0125. The molecule has 1 aromatic carbocycles. The van der Waals surface area contributed by atoms with Gasteiger partial charge in [0.2, 0.25) is 11.7 Å². The lowest BCUT2D eigenvalue weighted by Gasteiger charge is -2.04. The van der Waals surface area contributed by atoms with Gasteiger partial charge in [-0.15, -0.1) is 0 Å². The monoisotopic (exact) mass is 276 g/mol. The van der Waals surface area contributed by atoms with Crippen LogP contribution in [0.2, 0.25) is 0 Å². The normalized spacial score (nSPS) is 10.1. The lowest BCUT2D eigenvalue weighted by molar-refractivity contribution is -0.129. The maximum absolute atomic E-state index is 11.7. The van der Waals surface area contributed by atoms with E-state index in [2.05, 4.69) is 10.9 Å². The number of nitrogens with one attached hydrogen (secondary N) is 2. The standard InChI is InChI=1S/C13H12N2O5/c1-8(16)14-15-12(17)7-19-13(18)11-6-9-4-2-3-5-10(9)20-11/h2-6H,7H2,1H3,(H,14,16)(H,15,17). The molecule has 104 valence electrons. The van der Waals surface area contributed by atoms with E-state index in [1.807, 2.05) is 6.07 Å². The molecule has 0 saturated heterocycles. The zero-order valence-corrected chi connectivity index (χ0v) is 10.6. The first-order chi connectivity index (χ1) is 9.56. The van der Waals surface area contributed by atoms with Crippen LogP contribution in [0.1, 0.15) is 17.5 Å². The number of esters is 1. The van der Waals surface area contributed by atoms with Gasteiger partial charge in [0.05, 0.1) is 0 Å². The molecule has 0 unspecified atom stereocenters. The molecule has 2 N–H and O–H groups in total. The van der Waals surface area contributed by atoms with Crippen molar-refractivity contribution in [1.82, 2.24) is 10.9 Å². The highest BCUT2D eigenvalue weighted by molar-refractivity contribution is 5.93. The molecule has 0 radical (unpaired) electrons. The fourth-order valence-corrected chi connectivity index (χ4v) is 1.48. The molecule has 0 atom stereocenters. The number of carbonyl (C=O) groups excluding carboxylic acids is 3. The van der Waals surface area contributed by atoms with Gasteiger partial charge in [0.15, 0.2) is 6.61 Å². The minimum atomic E-state index is -0.751. The quantitative estimate of drug-likeness (QED) is 0.637. The van der Waals surface area contributed by atoms with Gasteiger partial charge < -0.3 is 9.15 Å². The smallest absolute Gasteiger partial charge is 0.374 e. The second-order valence-corrected chi connectivity index (χ2v) is 3.95. The van der Waals surface area contributed by atoms with Gasteiger partial charge in [0.1, 0.15) is 5.58 Å². The summed E-state index contributed by atoms with van der Waals surface area (Å²) in [5, 5.41) is 0.766. The van der Waals surface area contributed by atoms with E-state index in [1.165, 1.54) is 13.0 Å². The SMILES string of the molecule is CC(=O)NNC(=O)COC(=O)c1cc2ccccc2o1. The van der Waals surface area contributed by atoms with Crippen molar-refractivity contribution in [3.63, 3.8) is 0 Å². The third kappa shape index (κ3) is 3.35. The van der Waals surface area contributed by atoms with E-state index in [1.54, 1.807) is 18.2 Å². The van der Waals surface area contributed by atoms with Crippen LogP contribution in [0.5, 0.6) is 0 Å². The van der Waals surface area contributed by atoms with Crippen molar-refractivity contribution in [1.29, 1.82) is 0 Å². The van der Waals surface area contributed by atoms with E-state index in [-0.39, 0.29) is 5.76 Å². The molecular weight excluding hydrogens is 264 g/mol. The Labute approximate surface area is 113 Å². The number of furan rings is 1. The Balaban J connectivity index is 1.91. The number of fused-ring (bicyclic) bond motifs is 1. The van der Waals surface area contributed by atoms with Crippen LogP contribution in [0, 0.1) is 0 Å². The van der Waals surface area contributed by atoms with Gasteiger partial charge in [0, 0.05) is 12.3 Å². The fraction of sp³-hybridized carbons (Fsp3) is 0.154. The molecule has 0 spiro atoms. The Bertz CT molecular complexity index is 629. The number of hydrogen-bond acceptors (Lipinski definition) is 5. The molecule has 0 aliphatic rings. The summed E-state index contributed by atoms with van der Waals surface area (Å²) < 4.78 is 10.0. The molecule has 2 rings (SSSR count). The molecular formula is C13H12N2O5. The van der Waals surface area contributed by atoms with Gasteiger partial charge in [-0.25, -0.2) is 4.79 Å². The first kappa shape index (κ1) is 13.6. The lowest BCUT2D eigenvalue weighted by atomic mass is 10.2. The summed E-state index contributed by atoms with van der Waals surface area (Å²) in [6.45, 7) is 0.719. The second-order valence-electron chi connectivity index (χ2n) is 3.95. The average Bonchev–Trinajstić information content (AvgIpc) is 2.86. The molecule has 0 fully saturated rings. The second kappa shape index (κ2) is 5.87. The zero-order valence-electron chi connectivity index (χ0n) is 10.6. The summed E-state index contributed by atoms with van der Waals surface area (Å²) in [5.74, 6) is -1.82. The van der Waals surface area contributed by atoms with Crippen molar-refractivity contribution in [2.75, 3.05) is 6.61 Å². The summed E-state index contributed by atoms with van der Waals surface area (Å²) in [5.41, 5.74) is 4.70. The van der Waals surface area contributed by atoms with Gasteiger partial charge in [-0.2, -0.15) is 0 Å². The maximum Gasteiger partial charge on any atom is 0.374 e. The number of carbonyl (C=O) groups is 3. The predicted molar refractivity (Wildman–Crippen MR) is 68.5 cm³/mol. The number of amides is 2. The lowest BCUT2D eigenvalue weighted by Crippen LogP contribution is -2.42. The zero-order chi connectivity index (χ0) is 14.5. The first-order valence-electron chi connectivity index (χ1n) is 5.77. The van der Waals surface area contributed by atoms with E-state index in [0.717, 1.165) is 5.39 Å². The van der Waals surface area contributed by atoms with Crippen molar-refractivity contribution in [2.24, 2.45) is 0 Å². The molecule has 0 saturated carbocycles. The van der Waals surface area contributed by atoms with Crippen LogP contribution < -0.4 is 10.9 Å². The van der Waals surface area contributed by atoms with Crippen molar-refractivity contribution in [3.05, 3.63) is 36.1 Å². The van der Waals surface area contributed by atoms with Crippen LogP contribution >= 0.6 is 0 Å². The number of rotatable bonds is 3. The third-order valence-electron chi connectivity index (χ3n) is 2.34. The van der Waals surface area contributed by atoms with Crippen molar-refractivity contribution >= 4 is 28.8 Å². The highest BCUT2D eigenvalue weighted by Gasteiger charge is 2.15. The molecule has 7 nitrogen and oxygen atoms in total. The molecule has 7 heteroatoms. The van der Waals surface area contributed by atoms with Crippen LogP contribution in [0.15, 0.2) is 34.7 Å². The average molecular weight is 276 g/mol. The van der Waals surface area contributed by atoms with Crippen molar-refractivity contribution in [3.8, 4) is 0 Å². The topological polar surface area (TPSA) is 97.6 Å². The summed E-state index contributed by atoms with van der Waals surface area (Å²) in [7, 11) is 0. The maximum atomic E-state index is 11.7. The number of para-hydroxylation sites is 1. The van der Waals surface area contributed by atoms with Gasteiger partial charge in [-0.1, -0.05) is 18.2 Å². The van der Waals surface area contributed by atoms with E-state index >= 15 is 0 Å². The predicted octanol–water partition coefficient (Wildman–Crippen LogP) is 0.757. The summed E-state index contributed by atoms with van der Waals surface area (Å²) in [4.78, 5) is 33.5. The Hall–Kier alpha value is -2.83. The molecule has 2 aromatic rings. The number of hydrogen-bond donors (Lipinski definition) is 2. The van der Waals surface area contributed by atoms with E-state index in [4.69, 9.17) is 9.15 Å². The number of hydrazine groups is 1. The fourth-order valence-electron chi connectivity index (χ4n) is 1.48. The van der Waals surface area contributed by atoms with E-state index < -0.39 is 24.4 Å². The minimum Gasteiger partial charge on any atom is -0.450 e. The summed E-state index contributed by atoms with van der Waals surface area (Å²) in [6.07, 6.45) is 0. The molecule has 1 aromatic heterocycles. The van der Waals surface area contributed by atoms with Gasteiger partial charge >= 0.3 is 5.97 Å². The summed E-state index contributed by atoms with van der Waals surface area (Å²) in [6, 6.07) is 8.63. The first-order valence-corrected chi connectivity index (χ1v) is 5.77. The summed E-state index contributed by atoms with van der Waals surface area (Å²) >= 11 is 0. The van der Waals surface area contributed by atoms with Gasteiger partial charge in [0.25, 0.3) is 5.91 Å². The Kier molecular flexibility index (Phi) is 3.99. The Morgan fingerprint density at radius 3 is 2.65 bits per heavy atom. The molecule has 1 heterocycles. The molecule has 0 bridgehead atoms. The van der Waals surface area contributed by atoms with Crippen LogP contribution in [-0.2, 0) is 14.3 Å². The number of ether oxygens (including phenoxy) is 1. The third-order valence-corrected chi connectivity index (χ3v) is 2.34. The van der Waals surface area contributed by atoms with Crippen LogP contribution in [-0.4, -0.2) is 24.4 Å². The van der Waals surface area contributed by atoms with E-state index in [9.17, 15) is 14.4 Å². The Morgan fingerprint density at radius 2 is 1.95 bits per heavy atom. The number of benzene rings is 1.